The number of rotatable bonds is 10. The molecule has 0 aliphatic carbocycles. The first-order valence-corrected chi connectivity index (χ1v) is 6.17. The number of allylic oxidation sites excluding steroid dienone is 2. The normalized spacial score (nSPS) is 11.3. The molecule has 0 spiro atoms. The van der Waals surface area contributed by atoms with E-state index in [1.54, 1.807) is 0 Å². The van der Waals surface area contributed by atoms with Gasteiger partial charge in [-0.3, -0.25) is 0 Å². The molecule has 0 saturated carbocycles. The van der Waals surface area contributed by atoms with Gasteiger partial charge in [-0.1, -0.05) is 51.2 Å². The van der Waals surface area contributed by atoms with Gasteiger partial charge >= 0.3 is 0 Å². The van der Waals surface area contributed by atoms with E-state index in [1.165, 1.54) is 51.4 Å². The number of aliphatic hydroxyl groups is 1. The van der Waals surface area contributed by atoms with Gasteiger partial charge < -0.3 is 5.11 Å². The lowest BCUT2D eigenvalue weighted by atomic mass is 10.1. The Morgan fingerprint density at radius 1 is 0.786 bits per heavy atom. The summed E-state index contributed by atoms with van der Waals surface area (Å²) in [4.78, 5) is 0. The Bertz CT molecular complexity index is 118. The van der Waals surface area contributed by atoms with Crippen LogP contribution in [0.5, 0.6) is 0 Å². The third-order valence-corrected chi connectivity index (χ3v) is 2.40. The third-order valence-electron chi connectivity index (χ3n) is 2.40. The van der Waals surface area contributed by atoms with E-state index in [0.29, 0.717) is 6.61 Å². The van der Waals surface area contributed by atoms with Crippen LogP contribution < -0.4 is 0 Å². The highest BCUT2D eigenvalue weighted by molar-refractivity contribution is 4.80. The van der Waals surface area contributed by atoms with E-state index >= 15 is 0 Å². The van der Waals surface area contributed by atoms with Crippen molar-refractivity contribution in [1.82, 2.24) is 0 Å². The summed E-state index contributed by atoms with van der Waals surface area (Å²) in [5.74, 6) is 0. The monoisotopic (exact) mass is 198 g/mol. The van der Waals surface area contributed by atoms with Crippen LogP contribution in [0.4, 0.5) is 0 Å². The summed E-state index contributed by atoms with van der Waals surface area (Å²) in [6.45, 7) is 2.57. The molecule has 0 fully saturated rings. The predicted octanol–water partition coefficient (Wildman–Crippen LogP) is 4.07. The molecule has 0 aromatic rings. The standard InChI is InChI=1S/C13H26O/c1-2-3-4-5-6-7-8-9-10-11-12-13-14/h4-5,14H,2-3,6-13H2,1H3/b5-4-. The van der Waals surface area contributed by atoms with E-state index in [1.807, 2.05) is 0 Å². The molecule has 1 nitrogen and oxygen atoms in total. The van der Waals surface area contributed by atoms with Gasteiger partial charge in [0.2, 0.25) is 0 Å². The fourth-order valence-corrected chi connectivity index (χ4v) is 1.48. The van der Waals surface area contributed by atoms with Crippen LogP contribution in [0.2, 0.25) is 0 Å². The Balaban J connectivity index is 2.91. The maximum Gasteiger partial charge on any atom is 0.0431 e. The van der Waals surface area contributed by atoms with Crippen molar-refractivity contribution >= 4 is 0 Å². The summed E-state index contributed by atoms with van der Waals surface area (Å²) in [5.41, 5.74) is 0. The molecule has 0 aliphatic heterocycles. The van der Waals surface area contributed by atoms with Crippen LogP contribution in [-0.2, 0) is 0 Å². The number of unbranched alkanes of at least 4 members (excludes halogenated alkanes) is 7. The second kappa shape index (κ2) is 12.7. The lowest BCUT2D eigenvalue weighted by Gasteiger charge is -1.98. The van der Waals surface area contributed by atoms with Crippen molar-refractivity contribution in [2.75, 3.05) is 6.61 Å². The molecular formula is C13H26O. The molecule has 0 aliphatic rings. The molecule has 14 heavy (non-hydrogen) atoms. The summed E-state index contributed by atoms with van der Waals surface area (Å²) in [6.07, 6.45) is 15.8. The highest BCUT2D eigenvalue weighted by Gasteiger charge is 1.89. The van der Waals surface area contributed by atoms with Crippen molar-refractivity contribution in [2.45, 2.75) is 64.7 Å². The van der Waals surface area contributed by atoms with Crippen molar-refractivity contribution in [3.8, 4) is 0 Å². The minimum Gasteiger partial charge on any atom is -0.396 e. The molecule has 0 aromatic carbocycles. The molecule has 0 unspecified atom stereocenters. The van der Waals surface area contributed by atoms with Crippen LogP contribution in [-0.4, -0.2) is 11.7 Å². The molecule has 0 amide bonds. The zero-order chi connectivity index (χ0) is 10.5. The molecule has 0 bridgehead atoms. The fourth-order valence-electron chi connectivity index (χ4n) is 1.48. The number of hydrogen-bond donors (Lipinski definition) is 1. The highest BCUT2D eigenvalue weighted by atomic mass is 16.2. The van der Waals surface area contributed by atoms with Crippen LogP contribution in [0.15, 0.2) is 12.2 Å². The van der Waals surface area contributed by atoms with Crippen molar-refractivity contribution in [3.63, 3.8) is 0 Å². The molecule has 0 rings (SSSR count). The molecule has 1 heteroatoms. The molecule has 0 atom stereocenters. The lowest BCUT2D eigenvalue weighted by molar-refractivity contribution is 0.282. The molecule has 84 valence electrons. The zero-order valence-electron chi connectivity index (χ0n) is 9.67. The number of aliphatic hydroxyl groups excluding tert-OH is 1. The highest BCUT2D eigenvalue weighted by Crippen LogP contribution is 2.07. The predicted molar refractivity (Wildman–Crippen MR) is 63.5 cm³/mol. The van der Waals surface area contributed by atoms with E-state index in [0.717, 1.165) is 6.42 Å². The number of hydrogen-bond acceptors (Lipinski definition) is 1. The SMILES string of the molecule is CCC/C=C\CCCCCCCCO. The smallest absolute Gasteiger partial charge is 0.0431 e. The third kappa shape index (κ3) is 11.7. The second-order valence-electron chi connectivity index (χ2n) is 3.89. The molecule has 0 aromatic heterocycles. The van der Waals surface area contributed by atoms with E-state index in [4.69, 9.17) is 5.11 Å². The average molecular weight is 198 g/mol. The van der Waals surface area contributed by atoms with Gasteiger partial charge in [-0.15, -0.1) is 0 Å². The molecule has 1 N–H and O–H groups in total. The summed E-state index contributed by atoms with van der Waals surface area (Å²) in [5, 5.41) is 8.58. The Morgan fingerprint density at radius 3 is 2.00 bits per heavy atom. The average Bonchev–Trinajstić information content (AvgIpc) is 2.21. The molecular weight excluding hydrogens is 172 g/mol. The van der Waals surface area contributed by atoms with E-state index in [9.17, 15) is 0 Å². The molecule has 0 radical (unpaired) electrons. The van der Waals surface area contributed by atoms with Crippen molar-refractivity contribution in [3.05, 3.63) is 12.2 Å². The van der Waals surface area contributed by atoms with Gasteiger partial charge in [0.25, 0.3) is 0 Å². The summed E-state index contributed by atoms with van der Waals surface area (Å²) < 4.78 is 0. The van der Waals surface area contributed by atoms with Gasteiger partial charge in [0.05, 0.1) is 0 Å². The second-order valence-corrected chi connectivity index (χ2v) is 3.89. The van der Waals surface area contributed by atoms with Gasteiger partial charge in [0.1, 0.15) is 0 Å². The zero-order valence-corrected chi connectivity index (χ0v) is 9.67. The Morgan fingerprint density at radius 2 is 1.36 bits per heavy atom. The van der Waals surface area contributed by atoms with Crippen LogP contribution in [0.25, 0.3) is 0 Å². The summed E-state index contributed by atoms with van der Waals surface area (Å²) >= 11 is 0. The summed E-state index contributed by atoms with van der Waals surface area (Å²) in [7, 11) is 0. The van der Waals surface area contributed by atoms with Gasteiger partial charge in [0.15, 0.2) is 0 Å². The minimum atomic E-state index is 0.361. The van der Waals surface area contributed by atoms with Crippen LogP contribution in [0.1, 0.15) is 64.7 Å². The largest absolute Gasteiger partial charge is 0.396 e. The van der Waals surface area contributed by atoms with Crippen LogP contribution in [0, 0.1) is 0 Å². The van der Waals surface area contributed by atoms with E-state index < -0.39 is 0 Å². The first-order chi connectivity index (χ1) is 6.91. The maximum absolute atomic E-state index is 8.58. The van der Waals surface area contributed by atoms with Crippen molar-refractivity contribution in [1.29, 1.82) is 0 Å². The quantitative estimate of drug-likeness (QED) is 0.414. The molecule has 0 heterocycles. The Kier molecular flexibility index (Phi) is 12.4. The van der Waals surface area contributed by atoms with Gasteiger partial charge in [-0.2, -0.15) is 0 Å². The van der Waals surface area contributed by atoms with Crippen molar-refractivity contribution in [2.24, 2.45) is 0 Å². The minimum absolute atomic E-state index is 0.361. The topological polar surface area (TPSA) is 20.2 Å². The van der Waals surface area contributed by atoms with Crippen LogP contribution in [0.3, 0.4) is 0 Å². The Labute approximate surface area is 89.2 Å². The van der Waals surface area contributed by atoms with Gasteiger partial charge in [0, 0.05) is 6.61 Å². The Hall–Kier alpha value is -0.300. The van der Waals surface area contributed by atoms with E-state index in [-0.39, 0.29) is 0 Å². The first-order valence-electron chi connectivity index (χ1n) is 6.17. The summed E-state index contributed by atoms with van der Waals surface area (Å²) in [6, 6.07) is 0. The van der Waals surface area contributed by atoms with Crippen LogP contribution >= 0.6 is 0 Å². The fraction of sp³-hybridized carbons (Fsp3) is 0.846. The van der Waals surface area contributed by atoms with Crippen molar-refractivity contribution < 1.29 is 5.11 Å². The van der Waals surface area contributed by atoms with Gasteiger partial charge in [-0.05, 0) is 25.7 Å². The van der Waals surface area contributed by atoms with Gasteiger partial charge in [-0.25, -0.2) is 0 Å². The maximum atomic E-state index is 8.58. The van der Waals surface area contributed by atoms with E-state index in [2.05, 4.69) is 19.1 Å². The first kappa shape index (κ1) is 13.7. The lowest BCUT2D eigenvalue weighted by Crippen LogP contribution is -1.83. The molecule has 0 saturated heterocycles.